The van der Waals surface area contributed by atoms with Crippen LogP contribution < -0.4 is 15.8 Å². The molecule has 0 spiro atoms. The zero-order chi connectivity index (χ0) is 13.4. The van der Waals surface area contributed by atoms with Gasteiger partial charge in [-0.15, -0.1) is 0 Å². The van der Waals surface area contributed by atoms with Gasteiger partial charge in [0.05, 0.1) is 6.61 Å². The van der Waals surface area contributed by atoms with E-state index < -0.39 is 0 Å². The summed E-state index contributed by atoms with van der Waals surface area (Å²) in [4.78, 5) is 0. The largest absolute Gasteiger partial charge is 0.494 e. The van der Waals surface area contributed by atoms with Gasteiger partial charge in [-0.25, -0.2) is 0 Å². The van der Waals surface area contributed by atoms with E-state index in [4.69, 9.17) is 15.7 Å². The second kappa shape index (κ2) is 7.55. The fourth-order valence-electron chi connectivity index (χ4n) is 1.63. The minimum absolute atomic E-state index is 0.150. The second-order valence-electron chi connectivity index (χ2n) is 4.16. The molecular weight excluding hydrogens is 230 g/mol. The smallest absolute Gasteiger partial charge is 0.140 e. The Kier molecular flexibility index (Phi) is 6.00. The summed E-state index contributed by atoms with van der Waals surface area (Å²) in [5.41, 5.74) is 6.59. The molecule has 0 saturated heterocycles. The summed E-state index contributed by atoms with van der Waals surface area (Å²) < 4.78 is 5.44. The molecule has 0 fully saturated rings. The quantitative estimate of drug-likeness (QED) is 0.298. The van der Waals surface area contributed by atoms with Gasteiger partial charge >= 0.3 is 0 Å². The number of nitrogens with zero attached hydrogens (tertiary/aromatic N) is 1. The summed E-state index contributed by atoms with van der Waals surface area (Å²) in [6.07, 6.45) is 0.516. The number of benzene rings is 1. The first-order chi connectivity index (χ1) is 8.65. The molecule has 0 bridgehead atoms. The molecule has 0 aliphatic heterocycles. The Hall–Kier alpha value is -1.75. The van der Waals surface area contributed by atoms with E-state index in [9.17, 15) is 0 Å². The van der Waals surface area contributed by atoms with E-state index in [1.54, 1.807) is 0 Å². The molecule has 1 atom stereocenters. The fraction of sp³-hybridized carbons (Fsp3) is 0.462. The van der Waals surface area contributed by atoms with Gasteiger partial charge in [0.15, 0.2) is 0 Å². The minimum Gasteiger partial charge on any atom is -0.494 e. The average molecular weight is 251 g/mol. The highest BCUT2D eigenvalue weighted by molar-refractivity contribution is 5.80. The van der Waals surface area contributed by atoms with Crippen molar-refractivity contribution >= 4 is 5.84 Å². The molecule has 5 heteroatoms. The first-order valence-electron chi connectivity index (χ1n) is 6.07. The van der Waals surface area contributed by atoms with Crippen molar-refractivity contribution < 1.29 is 9.94 Å². The van der Waals surface area contributed by atoms with E-state index >= 15 is 0 Å². The van der Waals surface area contributed by atoms with Crippen molar-refractivity contribution in [3.8, 4) is 5.75 Å². The summed E-state index contributed by atoms with van der Waals surface area (Å²) in [5, 5.41) is 14.7. The highest BCUT2D eigenvalue weighted by Gasteiger charge is 2.05. The molecule has 0 aliphatic rings. The van der Waals surface area contributed by atoms with Gasteiger partial charge in [-0.2, -0.15) is 0 Å². The third-order valence-corrected chi connectivity index (χ3v) is 2.51. The Morgan fingerprint density at radius 3 is 3.00 bits per heavy atom. The van der Waals surface area contributed by atoms with E-state index in [1.165, 1.54) is 0 Å². The molecule has 18 heavy (non-hydrogen) atoms. The number of hydrogen-bond donors (Lipinski definition) is 3. The first kappa shape index (κ1) is 14.3. The van der Waals surface area contributed by atoms with Gasteiger partial charge in [-0.3, -0.25) is 0 Å². The molecule has 1 aromatic rings. The van der Waals surface area contributed by atoms with E-state index in [1.807, 2.05) is 38.1 Å². The summed E-state index contributed by atoms with van der Waals surface area (Å²) in [6, 6.07) is 8.10. The van der Waals surface area contributed by atoms with Crippen molar-refractivity contribution in [2.75, 3.05) is 6.61 Å². The van der Waals surface area contributed by atoms with Crippen LogP contribution in [0.15, 0.2) is 29.4 Å². The van der Waals surface area contributed by atoms with Crippen molar-refractivity contribution in [1.29, 1.82) is 0 Å². The summed E-state index contributed by atoms with van der Waals surface area (Å²) >= 11 is 0. The number of hydrogen-bond acceptors (Lipinski definition) is 4. The molecule has 0 radical (unpaired) electrons. The van der Waals surface area contributed by atoms with Gasteiger partial charge in [-0.1, -0.05) is 17.3 Å². The molecule has 0 heterocycles. The SMILES string of the molecule is CCOc1cccc(CNC(C)CC(N)=NO)c1. The van der Waals surface area contributed by atoms with E-state index in [2.05, 4.69) is 10.5 Å². The van der Waals surface area contributed by atoms with Gasteiger partial charge in [0.1, 0.15) is 11.6 Å². The van der Waals surface area contributed by atoms with Gasteiger partial charge in [0, 0.05) is 19.0 Å². The number of rotatable bonds is 7. The molecule has 0 aromatic heterocycles. The highest BCUT2D eigenvalue weighted by Crippen LogP contribution is 2.13. The van der Waals surface area contributed by atoms with Crippen LogP contribution >= 0.6 is 0 Å². The third kappa shape index (κ3) is 5.05. The van der Waals surface area contributed by atoms with Crippen molar-refractivity contribution in [2.45, 2.75) is 32.9 Å². The normalized spacial score (nSPS) is 13.3. The Morgan fingerprint density at radius 1 is 1.56 bits per heavy atom. The molecule has 4 N–H and O–H groups in total. The number of oxime groups is 1. The first-order valence-corrected chi connectivity index (χ1v) is 6.07. The molecule has 5 nitrogen and oxygen atoms in total. The van der Waals surface area contributed by atoms with Crippen LogP contribution in [0.2, 0.25) is 0 Å². The van der Waals surface area contributed by atoms with E-state index in [-0.39, 0.29) is 11.9 Å². The summed E-state index contributed by atoms with van der Waals surface area (Å²) in [5.74, 6) is 1.11. The van der Waals surface area contributed by atoms with Crippen LogP contribution in [0.25, 0.3) is 0 Å². The molecule has 1 unspecified atom stereocenters. The zero-order valence-corrected chi connectivity index (χ0v) is 10.9. The van der Waals surface area contributed by atoms with Crippen LogP contribution in [-0.2, 0) is 6.54 Å². The molecule has 0 aliphatic carbocycles. The third-order valence-electron chi connectivity index (χ3n) is 2.51. The van der Waals surface area contributed by atoms with Crippen LogP contribution in [0.1, 0.15) is 25.8 Å². The van der Waals surface area contributed by atoms with Gasteiger partial charge < -0.3 is 21.0 Å². The molecule has 1 aromatic carbocycles. The van der Waals surface area contributed by atoms with Gasteiger partial charge in [0.2, 0.25) is 0 Å². The summed E-state index contributed by atoms with van der Waals surface area (Å²) in [7, 11) is 0. The predicted molar refractivity (Wildman–Crippen MR) is 71.9 cm³/mol. The lowest BCUT2D eigenvalue weighted by atomic mass is 10.1. The Balaban J connectivity index is 2.45. The Bertz CT molecular complexity index is 394. The van der Waals surface area contributed by atoms with Crippen molar-refractivity contribution in [3.05, 3.63) is 29.8 Å². The molecule has 0 amide bonds. The predicted octanol–water partition coefficient (Wildman–Crippen LogP) is 1.70. The average Bonchev–Trinajstić information content (AvgIpc) is 2.37. The highest BCUT2D eigenvalue weighted by atomic mass is 16.5. The molecular formula is C13H21N3O2. The fourth-order valence-corrected chi connectivity index (χ4v) is 1.63. The Morgan fingerprint density at radius 2 is 2.33 bits per heavy atom. The van der Waals surface area contributed by atoms with Crippen LogP contribution in [0, 0.1) is 0 Å². The Labute approximate surface area is 108 Å². The van der Waals surface area contributed by atoms with Gasteiger partial charge in [-0.05, 0) is 31.5 Å². The molecule has 100 valence electrons. The standard InChI is InChI=1S/C13H21N3O2/c1-3-18-12-6-4-5-11(8-12)9-15-10(2)7-13(14)16-17/h4-6,8,10,15,17H,3,7,9H2,1-2H3,(H2,14,16). The van der Waals surface area contributed by atoms with Crippen LogP contribution in [0.5, 0.6) is 5.75 Å². The maximum Gasteiger partial charge on any atom is 0.140 e. The molecule has 0 saturated carbocycles. The minimum atomic E-state index is 0.150. The number of amidine groups is 1. The van der Waals surface area contributed by atoms with Crippen LogP contribution in [0.4, 0.5) is 0 Å². The van der Waals surface area contributed by atoms with Crippen molar-refractivity contribution in [1.82, 2.24) is 5.32 Å². The monoisotopic (exact) mass is 251 g/mol. The maximum atomic E-state index is 8.48. The van der Waals surface area contributed by atoms with Crippen LogP contribution in [-0.4, -0.2) is 23.7 Å². The van der Waals surface area contributed by atoms with Crippen LogP contribution in [0.3, 0.4) is 0 Å². The maximum absolute atomic E-state index is 8.48. The topological polar surface area (TPSA) is 79.9 Å². The number of nitrogens with one attached hydrogen (secondary N) is 1. The lowest BCUT2D eigenvalue weighted by molar-refractivity contribution is 0.316. The van der Waals surface area contributed by atoms with Crippen molar-refractivity contribution in [3.63, 3.8) is 0 Å². The zero-order valence-electron chi connectivity index (χ0n) is 10.9. The lowest BCUT2D eigenvalue weighted by Gasteiger charge is -2.13. The van der Waals surface area contributed by atoms with Gasteiger partial charge in [0.25, 0.3) is 0 Å². The number of nitrogens with two attached hydrogens (primary N) is 1. The molecule has 1 rings (SSSR count). The second-order valence-corrected chi connectivity index (χ2v) is 4.16. The summed E-state index contributed by atoms with van der Waals surface area (Å²) in [6.45, 7) is 5.34. The lowest BCUT2D eigenvalue weighted by Crippen LogP contribution is -2.30. The number of ether oxygens (including phenoxy) is 1. The van der Waals surface area contributed by atoms with Crippen molar-refractivity contribution in [2.24, 2.45) is 10.9 Å². The van der Waals surface area contributed by atoms with E-state index in [0.717, 1.165) is 17.9 Å². The van der Waals surface area contributed by atoms with E-state index in [0.29, 0.717) is 13.0 Å².